The van der Waals surface area contributed by atoms with Crippen LogP contribution in [0.25, 0.3) is 0 Å². The minimum absolute atomic E-state index is 0.322. The summed E-state index contributed by atoms with van der Waals surface area (Å²) in [6, 6.07) is 12.7. The fraction of sp³-hybridized carbons (Fsp3) is 0.0667. The molecule has 0 aromatic heterocycles. The normalized spacial score (nSPS) is 10.1. The van der Waals surface area contributed by atoms with Crippen molar-refractivity contribution < 1.29 is 4.79 Å². The van der Waals surface area contributed by atoms with Crippen molar-refractivity contribution in [3.05, 3.63) is 59.2 Å². The number of primary amides is 1. The number of rotatable bonds is 4. The first-order valence-electron chi connectivity index (χ1n) is 6.04. The molecular weight excluding hydrogens is 270 g/mol. The Morgan fingerprint density at radius 3 is 2.55 bits per heavy atom. The lowest BCUT2D eigenvalue weighted by Crippen LogP contribution is -2.13. The quantitative estimate of drug-likeness (QED) is 0.754. The molecule has 0 radical (unpaired) electrons. The largest absolute Gasteiger partial charge is 0.389 e. The molecule has 2 aromatic rings. The van der Waals surface area contributed by atoms with Crippen LogP contribution in [0.2, 0.25) is 0 Å². The third-order valence-electron chi connectivity index (χ3n) is 2.87. The summed E-state index contributed by atoms with van der Waals surface area (Å²) < 4.78 is 0. The number of aryl methyl sites for hydroxylation is 1. The van der Waals surface area contributed by atoms with Crippen LogP contribution in [0.1, 0.15) is 21.5 Å². The molecule has 1 amide bonds. The number of hydrogen-bond acceptors (Lipinski definition) is 3. The zero-order valence-electron chi connectivity index (χ0n) is 11.0. The Kier molecular flexibility index (Phi) is 4.00. The Hall–Kier alpha value is -2.40. The van der Waals surface area contributed by atoms with Crippen LogP contribution in [-0.2, 0) is 0 Å². The van der Waals surface area contributed by atoms with E-state index in [0.717, 1.165) is 22.5 Å². The average Bonchev–Trinajstić information content (AvgIpc) is 2.41. The Bertz CT molecular complexity index is 683. The predicted molar refractivity (Wildman–Crippen MR) is 85.3 cm³/mol. The van der Waals surface area contributed by atoms with Crippen LogP contribution in [0.4, 0.5) is 11.4 Å². The summed E-state index contributed by atoms with van der Waals surface area (Å²) >= 11 is 5.06. The Morgan fingerprint density at radius 1 is 1.15 bits per heavy atom. The van der Waals surface area contributed by atoms with Crippen LogP contribution in [0.3, 0.4) is 0 Å². The number of amides is 1. The van der Waals surface area contributed by atoms with Crippen LogP contribution in [0.15, 0.2) is 42.5 Å². The van der Waals surface area contributed by atoms with Gasteiger partial charge in [-0.2, -0.15) is 0 Å². The molecule has 0 saturated carbocycles. The molecular formula is C15H15N3OS. The molecule has 2 aromatic carbocycles. The van der Waals surface area contributed by atoms with Gasteiger partial charge in [0.05, 0.1) is 0 Å². The Balaban J connectivity index is 2.37. The first-order valence-corrected chi connectivity index (χ1v) is 6.45. The molecule has 0 aliphatic rings. The fourth-order valence-corrected chi connectivity index (χ4v) is 2.05. The smallest absolute Gasteiger partial charge is 0.248 e. The molecule has 5 heteroatoms. The Labute approximate surface area is 122 Å². The third kappa shape index (κ3) is 3.13. The molecule has 0 saturated heterocycles. The summed E-state index contributed by atoms with van der Waals surface area (Å²) in [6.45, 7) is 1.97. The van der Waals surface area contributed by atoms with E-state index in [1.807, 2.05) is 31.2 Å². The van der Waals surface area contributed by atoms with Crippen molar-refractivity contribution in [2.24, 2.45) is 11.5 Å². The summed E-state index contributed by atoms with van der Waals surface area (Å²) in [5, 5.41) is 3.20. The Morgan fingerprint density at radius 2 is 1.90 bits per heavy atom. The second-order valence-electron chi connectivity index (χ2n) is 4.48. The molecule has 20 heavy (non-hydrogen) atoms. The average molecular weight is 285 g/mol. The molecule has 0 aliphatic heterocycles. The number of hydrogen-bond donors (Lipinski definition) is 3. The maximum atomic E-state index is 11.2. The molecule has 0 aliphatic carbocycles. The summed E-state index contributed by atoms with van der Waals surface area (Å²) in [5.74, 6) is -0.466. The topological polar surface area (TPSA) is 81.1 Å². The second-order valence-corrected chi connectivity index (χ2v) is 4.92. The number of thiocarbonyl (C=S) groups is 1. The van der Waals surface area contributed by atoms with E-state index >= 15 is 0 Å². The van der Waals surface area contributed by atoms with Gasteiger partial charge < -0.3 is 16.8 Å². The number of anilines is 2. The molecule has 102 valence electrons. The molecule has 0 fully saturated rings. The first-order chi connectivity index (χ1) is 9.47. The molecule has 0 unspecified atom stereocenters. The highest BCUT2D eigenvalue weighted by Crippen LogP contribution is 2.22. The molecule has 0 spiro atoms. The van der Waals surface area contributed by atoms with Crippen molar-refractivity contribution in [1.82, 2.24) is 0 Å². The van der Waals surface area contributed by atoms with Gasteiger partial charge in [-0.25, -0.2) is 0 Å². The minimum atomic E-state index is -0.466. The monoisotopic (exact) mass is 285 g/mol. The molecule has 0 bridgehead atoms. The number of carbonyl (C=O) groups excluding carboxylic acids is 1. The fourth-order valence-electron chi connectivity index (χ4n) is 1.88. The van der Waals surface area contributed by atoms with Crippen LogP contribution in [0, 0.1) is 6.92 Å². The van der Waals surface area contributed by atoms with E-state index in [0.29, 0.717) is 10.6 Å². The van der Waals surface area contributed by atoms with Gasteiger partial charge in [-0.05, 0) is 37.3 Å². The highest BCUT2D eigenvalue weighted by Gasteiger charge is 2.07. The zero-order chi connectivity index (χ0) is 14.7. The summed E-state index contributed by atoms with van der Waals surface area (Å²) in [4.78, 5) is 11.5. The van der Waals surface area contributed by atoms with E-state index in [9.17, 15) is 4.79 Å². The summed E-state index contributed by atoms with van der Waals surface area (Å²) in [7, 11) is 0. The molecule has 0 atom stereocenters. The summed E-state index contributed by atoms with van der Waals surface area (Å²) in [5.41, 5.74) is 14.8. The van der Waals surface area contributed by atoms with E-state index in [-0.39, 0.29) is 0 Å². The lowest BCUT2D eigenvalue weighted by Gasteiger charge is -2.12. The van der Waals surface area contributed by atoms with Crippen molar-refractivity contribution in [2.75, 3.05) is 5.32 Å². The van der Waals surface area contributed by atoms with E-state index in [1.165, 1.54) is 0 Å². The highest BCUT2D eigenvalue weighted by atomic mass is 32.1. The van der Waals surface area contributed by atoms with E-state index in [2.05, 4.69) is 5.32 Å². The van der Waals surface area contributed by atoms with Gasteiger partial charge in [-0.1, -0.05) is 29.9 Å². The molecule has 4 nitrogen and oxygen atoms in total. The van der Waals surface area contributed by atoms with Gasteiger partial charge in [-0.3, -0.25) is 4.79 Å². The molecule has 2 rings (SSSR count). The number of benzene rings is 2. The number of carbonyl (C=O) groups is 1. The molecule has 0 heterocycles. The van der Waals surface area contributed by atoms with Crippen LogP contribution in [0.5, 0.6) is 0 Å². The van der Waals surface area contributed by atoms with Gasteiger partial charge >= 0.3 is 0 Å². The van der Waals surface area contributed by atoms with Gasteiger partial charge in [0.25, 0.3) is 0 Å². The van der Waals surface area contributed by atoms with Crippen molar-refractivity contribution in [3.8, 4) is 0 Å². The van der Waals surface area contributed by atoms with Crippen molar-refractivity contribution in [1.29, 1.82) is 0 Å². The van der Waals surface area contributed by atoms with Gasteiger partial charge in [0, 0.05) is 22.5 Å². The van der Waals surface area contributed by atoms with Crippen LogP contribution < -0.4 is 16.8 Å². The maximum Gasteiger partial charge on any atom is 0.248 e. The second kappa shape index (κ2) is 5.71. The highest BCUT2D eigenvalue weighted by molar-refractivity contribution is 7.80. The summed E-state index contributed by atoms with van der Waals surface area (Å²) in [6.07, 6.45) is 0. The zero-order valence-corrected chi connectivity index (χ0v) is 11.8. The lowest BCUT2D eigenvalue weighted by atomic mass is 10.1. The maximum absolute atomic E-state index is 11.2. The van der Waals surface area contributed by atoms with Crippen LogP contribution >= 0.6 is 12.2 Å². The number of nitrogens with two attached hydrogens (primary N) is 2. The third-order valence-corrected chi connectivity index (χ3v) is 3.09. The SMILES string of the molecule is Cc1ccc(Nc2cccc(C(N)=O)c2)c(C(N)=S)c1. The van der Waals surface area contributed by atoms with Crippen molar-refractivity contribution in [2.45, 2.75) is 6.92 Å². The standard InChI is InChI=1S/C15H15N3OS/c1-9-5-6-13(12(7-9)15(17)20)18-11-4-2-3-10(8-11)14(16)19/h2-8,18H,1H3,(H2,16,19)(H2,17,20). The van der Waals surface area contributed by atoms with Crippen molar-refractivity contribution >= 4 is 34.5 Å². The minimum Gasteiger partial charge on any atom is -0.389 e. The van der Waals surface area contributed by atoms with Gasteiger partial charge in [0.2, 0.25) is 5.91 Å². The van der Waals surface area contributed by atoms with E-state index in [1.54, 1.807) is 18.2 Å². The van der Waals surface area contributed by atoms with Gasteiger partial charge in [0.1, 0.15) is 4.99 Å². The van der Waals surface area contributed by atoms with Crippen LogP contribution in [-0.4, -0.2) is 10.9 Å². The number of nitrogens with one attached hydrogen (secondary N) is 1. The van der Waals surface area contributed by atoms with Gasteiger partial charge in [0.15, 0.2) is 0 Å². The van der Waals surface area contributed by atoms with Crippen molar-refractivity contribution in [3.63, 3.8) is 0 Å². The van der Waals surface area contributed by atoms with E-state index in [4.69, 9.17) is 23.7 Å². The molecule has 5 N–H and O–H groups in total. The first kappa shape index (κ1) is 14.0. The van der Waals surface area contributed by atoms with E-state index < -0.39 is 5.91 Å². The lowest BCUT2D eigenvalue weighted by molar-refractivity contribution is 0.100. The van der Waals surface area contributed by atoms with Gasteiger partial charge in [-0.15, -0.1) is 0 Å². The predicted octanol–water partition coefficient (Wildman–Crippen LogP) is 2.47.